The second kappa shape index (κ2) is 4.61. The molecule has 1 aromatic carbocycles. The first-order valence-corrected chi connectivity index (χ1v) is 4.58. The summed E-state index contributed by atoms with van der Waals surface area (Å²) in [4.78, 5) is 10.6. The first kappa shape index (κ1) is 10.5. The zero-order chi connectivity index (χ0) is 10.6. The van der Waals surface area contributed by atoms with Crippen molar-refractivity contribution in [2.45, 2.75) is 19.8 Å². The number of allylic oxidation sites excluding steroid dienone is 1. The Bertz CT molecular complexity index is 339. The van der Waals surface area contributed by atoms with Gasteiger partial charge in [-0.1, -0.05) is 43.3 Å². The van der Waals surface area contributed by atoms with Crippen molar-refractivity contribution in [3.05, 3.63) is 47.5 Å². The number of benzene rings is 1. The lowest BCUT2D eigenvalue weighted by molar-refractivity contribution is -0.132. The largest absolute Gasteiger partial charge is 0.478 e. The third kappa shape index (κ3) is 2.73. The van der Waals surface area contributed by atoms with Gasteiger partial charge in [0.1, 0.15) is 0 Å². The van der Waals surface area contributed by atoms with Crippen LogP contribution in [0.2, 0.25) is 0 Å². The maximum absolute atomic E-state index is 10.6. The molecule has 0 heterocycles. The van der Waals surface area contributed by atoms with E-state index >= 15 is 0 Å². The molecule has 0 saturated heterocycles. The number of aliphatic carboxylic acids is 1. The molecule has 0 amide bonds. The number of hydrogen-bond donors (Lipinski definition) is 1. The van der Waals surface area contributed by atoms with Gasteiger partial charge < -0.3 is 5.11 Å². The van der Waals surface area contributed by atoms with Crippen LogP contribution in [0.15, 0.2) is 42.0 Å². The zero-order valence-corrected chi connectivity index (χ0v) is 8.40. The van der Waals surface area contributed by atoms with Gasteiger partial charge in [-0.2, -0.15) is 0 Å². The van der Waals surface area contributed by atoms with E-state index in [0.29, 0.717) is 5.57 Å². The monoisotopic (exact) mass is 190 g/mol. The summed E-state index contributed by atoms with van der Waals surface area (Å²) in [5.74, 6) is -0.708. The molecule has 0 aromatic heterocycles. The molecule has 1 unspecified atom stereocenters. The highest BCUT2D eigenvalue weighted by Gasteiger charge is 2.05. The van der Waals surface area contributed by atoms with E-state index in [2.05, 4.69) is 0 Å². The topological polar surface area (TPSA) is 37.3 Å². The second-order valence-electron chi connectivity index (χ2n) is 3.35. The lowest BCUT2D eigenvalue weighted by Gasteiger charge is -2.06. The summed E-state index contributed by atoms with van der Waals surface area (Å²) in [6.07, 6.45) is 1.76. The minimum atomic E-state index is -0.854. The Balaban J connectivity index is 2.82. The highest BCUT2D eigenvalue weighted by molar-refractivity contribution is 5.85. The standard InChI is InChI=1S/C12H14O2/c1-9(8-10(2)12(13)14)11-6-4-3-5-7-11/h3-9H,1-2H3,(H,13,14)/b10-8+. The molecule has 2 nitrogen and oxygen atoms in total. The summed E-state index contributed by atoms with van der Waals surface area (Å²) in [6, 6.07) is 9.85. The Morgan fingerprint density at radius 2 is 1.93 bits per heavy atom. The third-order valence-electron chi connectivity index (χ3n) is 2.16. The molecule has 1 atom stereocenters. The Labute approximate surface area is 83.9 Å². The van der Waals surface area contributed by atoms with E-state index in [9.17, 15) is 4.79 Å². The Morgan fingerprint density at radius 3 is 2.43 bits per heavy atom. The van der Waals surface area contributed by atoms with Crippen LogP contribution >= 0.6 is 0 Å². The molecular weight excluding hydrogens is 176 g/mol. The molecule has 0 aliphatic rings. The van der Waals surface area contributed by atoms with Crippen molar-refractivity contribution in [3.63, 3.8) is 0 Å². The molecule has 0 saturated carbocycles. The summed E-state index contributed by atoms with van der Waals surface area (Å²) >= 11 is 0. The van der Waals surface area contributed by atoms with Gasteiger partial charge >= 0.3 is 5.97 Å². The normalized spacial score (nSPS) is 13.7. The van der Waals surface area contributed by atoms with E-state index in [0.717, 1.165) is 5.56 Å². The smallest absolute Gasteiger partial charge is 0.330 e. The maximum Gasteiger partial charge on any atom is 0.330 e. The summed E-state index contributed by atoms with van der Waals surface area (Å²) in [5, 5.41) is 8.71. The number of carboxylic acid groups (broad SMARTS) is 1. The molecule has 1 N–H and O–H groups in total. The average molecular weight is 190 g/mol. The van der Waals surface area contributed by atoms with E-state index in [1.54, 1.807) is 13.0 Å². The molecule has 0 aliphatic heterocycles. The van der Waals surface area contributed by atoms with Crippen LogP contribution in [0.3, 0.4) is 0 Å². The Hall–Kier alpha value is -1.57. The summed E-state index contributed by atoms with van der Waals surface area (Å²) in [7, 11) is 0. The van der Waals surface area contributed by atoms with Crippen LogP contribution in [-0.4, -0.2) is 11.1 Å². The molecule has 0 fully saturated rings. The van der Waals surface area contributed by atoms with Crippen LogP contribution in [0, 0.1) is 0 Å². The van der Waals surface area contributed by atoms with Crippen LogP contribution in [0.1, 0.15) is 25.3 Å². The molecular formula is C12H14O2. The van der Waals surface area contributed by atoms with Crippen LogP contribution in [0.5, 0.6) is 0 Å². The second-order valence-corrected chi connectivity index (χ2v) is 3.35. The number of hydrogen-bond acceptors (Lipinski definition) is 1. The Morgan fingerprint density at radius 1 is 1.36 bits per heavy atom. The van der Waals surface area contributed by atoms with Gasteiger partial charge in [0.2, 0.25) is 0 Å². The molecule has 0 aliphatic carbocycles. The first-order valence-electron chi connectivity index (χ1n) is 4.58. The summed E-state index contributed by atoms with van der Waals surface area (Å²) < 4.78 is 0. The molecule has 0 bridgehead atoms. The predicted molar refractivity (Wildman–Crippen MR) is 56.2 cm³/mol. The minimum Gasteiger partial charge on any atom is -0.478 e. The van der Waals surface area contributed by atoms with Gasteiger partial charge in [-0.05, 0) is 18.4 Å². The lowest BCUT2D eigenvalue weighted by atomic mass is 9.99. The van der Waals surface area contributed by atoms with Crippen LogP contribution < -0.4 is 0 Å². The third-order valence-corrected chi connectivity index (χ3v) is 2.16. The van der Waals surface area contributed by atoms with Crippen molar-refractivity contribution in [1.82, 2.24) is 0 Å². The predicted octanol–water partition coefficient (Wildman–Crippen LogP) is 2.82. The number of rotatable bonds is 3. The van der Waals surface area contributed by atoms with Gasteiger partial charge in [0.05, 0.1) is 0 Å². The summed E-state index contributed by atoms with van der Waals surface area (Å²) in [5.41, 5.74) is 1.52. The van der Waals surface area contributed by atoms with Gasteiger partial charge in [-0.3, -0.25) is 0 Å². The highest BCUT2D eigenvalue weighted by atomic mass is 16.4. The maximum atomic E-state index is 10.6. The van der Waals surface area contributed by atoms with Gasteiger partial charge in [0.25, 0.3) is 0 Å². The van der Waals surface area contributed by atoms with E-state index in [1.165, 1.54) is 0 Å². The van der Waals surface area contributed by atoms with Crippen LogP contribution in [0.4, 0.5) is 0 Å². The van der Waals surface area contributed by atoms with Gasteiger partial charge in [-0.25, -0.2) is 4.79 Å². The highest BCUT2D eigenvalue weighted by Crippen LogP contribution is 2.17. The quantitative estimate of drug-likeness (QED) is 0.744. The fourth-order valence-corrected chi connectivity index (χ4v) is 1.30. The van der Waals surface area contributed by atoms with Crippen LogP contribution in [0.25, 0.3) is 0 Å². The number of carbonyl (C=O) groups is 1. The van der Waals surface area contributed by atoms with Crippen molar-refractivity contribution < 1.29 is 9.90 Å². The molecule has 1 aromatic rings. The van der Waals surface area contributed by atoms with E-state index in [-0.39, 0.29) is 5.92 Å². The van der Waals surface area contributed by atoms with Crippen molar-refractivity contribution in [3.8, 4) is 0 Å². The van der Waals surface area contributed by atoms with Crippen molar-refractivity contribution in [2.75, 3.05) is 0 Å². The Kier molecular flexibility index (Phi) is 3.46. The van der Waals surface area contributed by atoms with E-state index < -0.39 is 5.97 Å². The molecule has 0 spiro atoms. The van der Waals surface area contributed by atoms with E-state index in [1.807, 2.05) is 37.3 Å². The first-order chi connectivity index (χ1) is 6.61. The average Bonchev–Trinajstić information content (AvgIpc) is 2.19. The molecule has 1 rings (SSSR count). The zero-order valence-electron chi connectivity index (χ0n) is 8.40. The van der Waals surface area contributed by atoms with Gasteiger partial charge in [0, 0.05) is 5.57 Å². The molecule has 14 heavy (non-hydrogen) atoms. The molecule has 2 heteroatoms. The number of carboxylic acids is 1. The van der Waals surface area contributed by atoms with Crippen LogP contribution in [-0.2, 0) is 4.79 Å². The van der Waals surface area contributed by atoms with Crippen molar-refractivity contribution in [1.29, 1.82) is 0 Å². The SMILES string of the molecule is C/C(=C\C(C)c1ccccc1)C(=O)O. The molecule has 74 valence electrons. The fraction of sp³-hybridized carbons (Fsp3) is 0.250. The van der Waals surface area contributed by atoms with Crippen molar-refractivity contribution in [2.24, 2.45) is 0 Å². The lowest BCUT2D eigenvalue weighted by Crippen LogP contribution is -1.99. The van der Waals surface area contributed by atoms with Gasteiger partial charge in [0.15, 0.2) is 0 Å². The van der Waals surface area contributed by atoms with E-state index in [4.69, 9.17) is 5.11 Å². The fourth-order valence-electron chi connectivity index (χ4n) is 1.30. The summed E-state index contributed by atoms with van der Waals surface area (Å²) in [6.45, 7) is 3.60. The van der Waals surface area contributed by atoms with Gasteiger partial charge in [-0.15, -0.1) is 0 Å². The van der Waals surface area contributed by atoms with Crippen molar-refractivity contribution >= 4 is 5.97 Å². The minimum absolute atomic E-state index is 0.146. The molecule has 0 radical (unpaired) electrons.